The molecular weight excluding hydrogens is 318 g/mol. The summed E-state index contributed by atoms with van der Waals surface area (Å²) >= 11 is 0. The van der Waals surface area contributed by atoms with Crippen LogP contribution in [0.1, 0.15) is 12.5 Å². The Balaban J connectivity index is 1.80. The van der Waals surface area contributed by atoms with Crippen molar-refractivity contribution >= 4 is 16.2 Å². The Hall–Kier alpha value is -1.48. The normalized spacial score (nSPS) is 17.1. The molecule has 0 unspecified atom stereocenters. The summed E-state index contributed by atoms with van der Waals surface area (Å²) in [6.07, 6.45) is 0. The van der Waals surface area contributed by atoms with E-state index in [-0.39, 0.29) is 19.1 Å². The van der Waals surface area contributed by atoms with Gasteiger partial charge in [0.25, 0.3) is 10.2 Å². The minimum absolute atomic E-state index is 0.208. The fraction of sp³-hybridized carbons (Fsp3) is 0.533. The first-order valence-corrected chi connectivity index (χ1v) is 9.12. The van der Waals surface area contributed by atoms with E-state index in [9.17, 15) is 13.2 Å². The van der Waals surface area contributed by atoms with Gasteiger partial charge in [0.05, 0.1) is 13.2 Å². The topological polar surface area (TPSA) is 79.0 Å². The predicted octanol–water partition coefficient (Wildman–Crippen LogP) is 0.202. The van der Waals surface area contributed by atoms with Crippen molar-refractivity contribution in [2.24, 2.45) is 0 Å². The number of piperazine rings is 1. The number of hydrogen-bond donors (Lipinski definition) is 1. The molecule has 0 radical (unpaired) electrons. The predicted molar refractivity (Wildman–Crippen MR) is 86.8 cm³/mol. The molecule has 1 saturated heterocycles. The Morgan fingerprint density at radius 2 is 1.83 bits per heavy atom. The van der Waals surface area contributed by atoms with Gasteiger partial charge in [-0.25, -0.2) is 0 Å². The average molecular weight is 341 g/mol. The Labute approximate surface area is 137 Å². The highest BCUT2D eigenvalue weighted by molar-refractivity contribution is 7.87. The van der Waals surface area contributed by atoms with Crippen molar-refractivity contribution < 1.29 is 17.9 Å². The van der Waals surface area contributed by atoms with E-state index >= 15 is 0 Å². The van der Waals surface area contributed by atoms with Gasteiger partial charge >= 0.3 is 5.97 Å². The highest BCUT2D eigenvalue weighted by Gasteiger charge is 2.27. The first-order valence-electron chi connectivity index (χ1n) is 7.68. The lowest BCUT2D eigenvalue weighted by atomic mass is 10.2. The van der Waals surface area contributed by atoms with Gasteiger partial charge in [-0.2, -0.15) is 17.4 Å². The quantitative estimate of drug-likeness (QED) is 0.717. The molecule has 7 nitrogen and oxygen atoms in total. The molecule has 0 aliphatic carbocycles. The highest BCUT2D eigenvalue weighted by Crippen LogP contribution is 2.07. The molecule has 1 aliphatic heterocycles. The zero-order valence-electron chi connectivity index (χ0n) is 13.3. The standard InChI is InChI=1S/C15H23N3O4S/c1-2-22-15(19)13-17-8-10-18(11-9-17)23(20,21)16-12-14-6-4-3-5-7-14/h3-7,16H,2,8-13H2,1H3. The van der Waals surface area contributed by atoms with Crippen LogP contribution in [0.5, 0.6) is 0 Å². The van der Waals surface area contributed by atoms with E-state index in [1.54, 1.807) is 6.92 Å². The SMILES string of the molecule is CCOC(=O)CN1CCN(S(=O)(=O)NCc2ccccc2)CC1. The van der Waals surface area contributed by atoms with E-state index in [0.29, 0.717) is 32.8 Å². The van der Waals surface area contributed by atoms with Gasteiger partial charge in [0, 0.05) is 32.7 Å². The van der Waals surface area contributed by atoms with Crippen molar-refractivity contribution in [1.82, 2.24) is 13.9 Å². The van der Waals surface area contributed by atoms with Crippen LogP contribution in [0.25, 0.3) is 0 Å². The van der Waals surface area contributed by atoms with Gasteiger partial charge in [-0.15, -0.1) is 0 Å². The van der Waals surface area contributed by atoms with Crippen molar-refractivity contribution in [2.45, 2.75) is 13.5 Å². The first-order chi connectivity index (χ1) is 11.0. The number of nitrogens with one attached hydrogen (secondary N) is 1. The molecule has 0 saturated carbocycles. The third-order valence-corrected chi connectivity index (χ3v) is 5.18. The smallest absolute Gasteiger partial charge is 0.320 e. The van der Waals surface area contributed by atoms with Gasteiger partial charge in [0.1, 0.15) is 0 Å². The first kappa shape index (κ1) is 17.9. The summed E-state index contributed by atoms with van der Waals surface area (Å²) in [6.45, 7) is 4.37. The van der Waals surface area contributed by atoms with Crippen LogP contribution in [-0.4, -0.2) is 62.9 Å². The highest BCUT2D eigenvalue weighted by atomic mass is 32.2. The maximum absolute atomic E-state index is 12.3. The van der Waals surface area contributed by atoms with E-state index in [0.717, 1.165) is 5.56 Å². The number of nitrogens with zero attached hydrogens (tertiary/aromatic N) is 2. The van der Waals surface area contributed by atoms with Crippen molar-refractivity contribution in [1.29, 1.82) is 0 Å². The second-order valence-corrected chi connectivity index (χ2v) is 7.05. The molecule has 0 atom stereocenters. The van der Waals surface area contributed by atoms with Gasteiger partial charge in [-0.05, 0) is 12.5 Å². The van der Waals surface area contributed by atoms with Crippen LogP contribution in [0.15, 0.2) is 30.3 Å². The number of ether oxygens (including phenoxy) is 1. The molecule has 0 bridgehead atoms. The number of hydrogen-bond acceptors (Lipinski definition) is 5. The lowest BCUT2D eigenvalue weighted by molar-refractivity contribution is -0.144. The summed E-state index contributed by atoms with van der Waals surface area (Å²) in [5.41, 5.74) is 0.914. The van der Waals surface area contributed by atoms with Gasteiger partial charge in [0.15, 0.2) is 0 Å². The van der Waals surface area contributed by atoms with Crippen molar-refractivity contribution in [2.75, 3.05) is 39.3 Å². The van der Waals surface area contributed by atoms with E-state index in [1.165, 1.54) is 4.31 Å². The Morgan fingerprint density at radius 1 is 1.17 bits per heavy atom. The van der Waals surface area contributed by atoms with E-state index in [4.69, 9.17) is 4.74 Å². The van der Waals surface area contributed by atoms with Crippen LogP contribution in [0.4, 0.5) is 0 Å². The van der Waals surface area contributed by atoms with Gasteiger partial charge < -0.3 is 4.74 Å². The third-order valence-electron chi connectivity index (χ3n) is 3.63. The van der Waals surface area contributed by atoms with Crippen LogP contribution < -0.4 is 4.72 Å². The molecule has 1 aliphatic rings. The molecule has 1 heterocycles. The Bertz CT molecular complexity index is 598. The zero-order valence-corrected chi connectivity index (χ0v) is 14.1. The molecule has 0 amide bonds. The fourth-order valence-electron chi connectivity index (χ4n) is 2.38. The molecule has 0 aromatic heterocycles. The summed E-state index contributed by atoms with van der Waals surface area (Å²) < 4.78 is 33.5. The third kappa shape index (κ3) is 5.58. The minimum Gasteiger partial charge on any atom is -0.465 e. The molecule has 2 rings (SSSR count). The zero-order chi connectivity index (χ0) is 16.7. The molecule has 1 aromatic carbocycles. The van der Waals surface area contributed by atoms with Gasteiger partial charge in [-0.3, -0.25) is 9.69 Å². The molecule has 0 spiro atoms. The second kappa shape index (κ2) is 8.39. The number of benzene rings is 1. The number of esters is 1. The summed E-state index contributed by atoms with van der Waals surface area (Å²) in [4.78, 5) is 13.3. The maximum Gasteiger partial charge on any atom is 0.320 e. The van der Waals surface area contributed by atoms with E-state index in [2.05, 4.69) is 4.72 Å². The van der Waals surface area contributed by atoms with Crippen LogP contribution in [0.3, 0.4) is 0 Å². The molecule has 1 aromatic rings. The van der Waals surface area contributed by atoms with Gasteiger partial charge in [-0.1, -0.05) is 30.3 Å². The Morgan fingerprint density at radius 3 is 2.43 bits per heavy atom. The molecule has 1 fully saturated rings. The molecule has 128 valence electrons. The van der Waals surface area contributed by atoms with E-state index in [1.807, 2.05) is 35.2 Å². The van der Waals surface area contributed by atoms with Crippen LogP contribution in [0.2, 0.25) is 0 Å². The molecule has 8 heteroatoms. The van der Waals surface area contributed by atoms with Gasteiger partial charge in [0.2, 0.25) is 0 Å². The van der Waals surface area contributed by atoms with Crippen molar-refractivity contribution in [3.05, 3.63) is 35.9 Å². The largest absolute Gasteiger partial charge is 0.465 e. The molecule has 1 N–H and O–H groups in total. The van der Waals surface area contributed by atoms with Crippen molar-refractivity contribution in [3.8, 4) is 0 Å². The van der Waals surface area contributed by atoms with Crippen LogP contribution >= 0.6 is 0 Å². The van der Waals surface area contributed by atoms with Crippen LogP contribution in [0, 0.1) is 0 Å². The average Bonchev–Trinajstić information content (AvgIpc) is 2.55. The summed E-state index contributed by atoms with van der Waals surface area (Å²) in [5.74, 6) is -0.272. The fourth-order valence-corrected chi connectivity index (χ4v) is 3.55. The lowest BCUT2D eigenvalue weighted by Gasteiger charge is -2.33. The lowest BCUT2D eigenvalue weighted by Crippen LogP contribution is -2.52. The summed E-state index contributed by atoms with van der Waals surface area (Å²) in [6, 6.07) is 9.38. The number of carbonyl (C=O) groups excluding carboxylic acids is 1. The summed E-state index contributed by atoms with van der Waals surface area (Å²) in [5, 5.41) is 0. The number of carbonyl (C=O) groups is 1. The van der Waals surface area contributed by atoms with Crippen LogP contribution in [-0.2, 0) is 26.3 Å². The number of rotatable bonds is 7. The maximum atomic E-state index is 12.3. The van der Waals surface area contributed by atoms with E-state index < -0.39 is 10.2 Å². The molecular formula is C15H23N3O4S. The molecule has 23 heavy (non-hydrogen) atoms. The summed E-state index contributed by atoms with van der Waals surface area (Å²) in [7, 11) is -3.50. The monoisotopic (exact) mass is 341 g/mol. The second-order valence-electron chi connectivity index (χ2n) is 5.29. The minimum atomic E-state index is -3.50. The van der Waals surface area contributed by atoms with Crippen molar-refractivity contribution in [3.63, 3.8) is 0 Å². The Kier molecular flexibility index (Phi) is 6.52.